The minimum Gasteiger partial charge on any atom is -0.507 e. The van der Waals surface area contributed by atoms with Gasteiger partial charge in [0.2, 0.25) is 0 Å². The van der Waals surface area contributed by atoms with E-state index in [0.717, 1.165) is 44.8 Å². The van der Waals surface area contributed by atoms with Gasteiger partial charge in [-0.05, 0) is 41.7 Å². The fourth-order valence-corrected chi connectivity index (χ4v) is 4.39. The smallest absolute Gasteiger partial charge is 0.151 e. The van der Waals surface area contributed by atoms with Crippen molar-refractivity contribution in [1.29, 1.82) is 5.41 Å². The van der Waals surface area contributed by atoms with Crippen LogP contribution in [0, 0.1) is 17.2 Å². The summed E-state index contributed by atoms with van der Waals surface area (Å²) >= 11 is 0. The molecule has 0 amide bonds. The first-order chi connectivity index (χ1) is 14.1. The Morgan fingerprint density at radius 1 is 1.14 bits per heavy atom. The first kappa shape index (κ1) is 19.4. The summed E-state index contributed by atoms with van der Waals surface area (Å²) < 4.78 is 0. The van der Waals surface area contributed by atoms with Crippen molar-refractivity contribution >= 4 is 17.6 Å². The van der Waals surface area contributed by atoms with Crippen molar-refractivity contribution in [3.05, 3.63) is 42.1 Å². The lowest BCUT2D eigenvalue weighted by atomic mass is 10.0. The summed E-state index contributed by atoms with van der Waals surface area (Å²) in [5, 5.41) is 35.6. The van der Waals surface area contributed by atoms with Gasteiger partial charge in [0.05, 0.1) is 12.3 Å². The number of allylic oxidation sites excluding steroid dienone is 1. The van der Waals surface area contributed by atoms with Crippen molar-refractivity contribution in [2.45, 2.75) is 0 Å². The third-order valence-corrected chi connectivity index (χ3v) is 5.89. The van der Waals surface area contributed by atoms with Crippen LogP contribution in [0.2, 0.25) is 0 Å². The molecule has 0 bridgehead atoms. The van der Waals surface area contributed by atoms with Crippen molar-refractivity contribution in [2.75, 3.05) is 44.2 Å². The summed E-state index contributed by atoms with van der Waals surface area (Å²) in [5.41, 5.74) is 7.90. The van der Waals surface area contributed by atoms with Crippen LogP contribution in [0.4, 0.5) is 5.82 Å². The van der Waals surface area contributed by atoms with Gasteiger partial charge in [0.1, 0.15) is 5.75 Å². The number of nitrogens with one attached hydrogen (secondary N) is 1. The van der Waals surface area contributed by atoms with Crippen LogP contribution in [-0.2, 0) is 0 Å². The number of anilines is 1. The average Bonchev–Trinajstić information content (AvgIpc) is 3.28. The molecule has 152 valence electrons. The number of aliphatic hydroxyl groups is 1. The second-order valence-corrected chi connectivity index (χ2v) is 7.68. The molecule has 1 aromatic heterocycles. The Kier molecular flexibility index (Phi) is 5.46. The predicted octanol–water partition coefficient (Wildman–Crippen LogP) is 1.16. The number of hydrogen-bond acceptors (Lipinski definition) is 8. The van der Waals surface area contributed by atoms with Gasteiger partial charge in [-0.2, -0.15) is 0 Å². The van der Waals surface area contributed by atoms with E-state index in [4.69, 9.17) is 16.2 Å². The van der Waals surface area contributed by atoms with Gasteiger partial charge in [0.15, 0.2) is 5.82 Å². The topological polar surface area (TPSA) is 123 Å². The molecule has 2 unspecified atom stereocenters. The Morgan fingerprint density at radius 3 is 2.45 bits per heavy atom. The van der Waals surface area contributed by atoms with Crippen LogP contribution in [0.3, 0.4) is 0 Å². The first-order valence-corrected chi connectivity index (χ1v) is 9.81. The summed E-state index contributed by atoms with van der Waals surface area (Å²) in [5.74, 6) is 2.15. The van der Waals surface area contributed by atoms with Crippen molar-refractivity contribution in [3.63, 3.8) is 0 Å². The van der Waals surface area contributed by atoms with Crippen LogP contribution < -0.4 is 10.6 Å². The monoisotopic (exact) mass is 394 g/mol. The molecule has 8 heteroatoms. The normalized spacial score (nSPS) is 22.1. The molecule has 1 aromatic carbocycles. The summed E-state index contributed by atoms with van der Waals surface area (Å²) in [4.78, 5) is 4.60. The van der Waals surface area contributed by atoms with E-state index in [1.165, 1.54) is 6.20 Å². The molecule has 0 aliphatic carbocycles. The second-order valence-electron chi connectivity index (χ2n) is 7.68. The summed E-state index contributed by atoms with van der Waals surface area (Å²) in [6.07, 6.45) is 2.49. The zero-order valence-electron chi connectivity index (χ0n) is 16.2. The van der Waals surface area contributed by atoms with Gasteiger partial charge in [-0.1, -0.05) is 6.07 Å². The van der Waals surface area contributed by atoms with Crippen LogP contribution in [0.15, 0.2) is 36.5 Å². The molecular weight excluding hydrogens is 368 g/mol. The number of hydrogen-bond donors (Lipinski definition) is 4. The number of β-amino-alcohol motifs (C(OH)–C–C–N with tert-alkyl or cyclic N) is 1. The SMILES string of the molecule is N=CC(=CN)c1ccc(-c2ccc(N3CC4CN(CCO)CC4C3)nn2)c(O)c1. The number of phenolic OH excluding ortho intramolecular Hbond substituents is 1. The standard InChI is InChI=1S/C21H26N6O2/c22-8-15(9-23)14-1-2-18(20(29)7-14)19-3-4-21(25-24-19)27-12-16-10-26(5-6-28)11-17(16)13-27/h1-4,7-9,16-17,22,28-29H,5-6,10-13,23H2. The third-order valence-electron chi connectivity index (χ3n) is 5.89. The van der Waals surface area contributed by atoms with Gasteiger partial charge in [0.25, 0.3) is 0 Å². The third kappa shape index (κ3) is 3.81. The quantitative estimate of drug-likeness (QED) is 0.542. The van der Waals surface area contributed by atoms with E-state index in [9.17, 15) is 5.11 Å². The molecule has 0 radical (unpaired) electrons. The molecule has 2 saturated heterocycles. The Bertz CT molecular complexity index is 900. The molecular formula is C21H26N6O2. The average molecular weight is 394 g/mol. The molecule has 29 heavy (non-hydrogen) atoms. The Morgan fingerprint density at radius 2 is 1.90 bits per heavy atom. The van der Waals surface area contributed by atoms with Gasteiger partial charge in [0, 0.05) is 56.3 Å². The van der Waals surface area contributed by atoms with Crippen LogP contribution >= 0.6 is 0 Å². The highest BCUT2D eigenvalue weighted by Gasteiger charge is 2.40. The Hall–Kier alpha value is -2.97. The number of benzene rings is 1. The van der Waals surface area contributed by atoms with Gasteiger partial charge >= 0.3 is 0 Å². The summed E-state index contributed by atoms with van der Waals surface area (Å²) in [6.45, 7) is 4.95. The van der Waals surface area contributed by atoms with E-state index in [-0.39, 0.29) is 12.4 Å². The van der Waals surface area contributed by atoms with E-state index in [0.29, 0.717) is 34.2 Å². The van der Waals surface area contributed by atoms with E-state index in [1.807, 2.05) is 12.1 Å². The number of aliphatic hydroxyl groups excluding tert-OH is 1. The van der Waals surface area contributed by atoms with Crippen LogP contribution in [0.5, 0.6) is 5.75 Å². The lowest BCUT2D eigenvalue weighted by Crippen LogP contribution is -2.31. The van der Waals surface area contributed by atoms with E-state index in [2.05, 4.69) is 20.0 Å². The maximum absolute atomic E-state index is 10.4. The molecule has 4 rings (SSSR count). The molecule has 2 aliphatic heterocycles. The number of nitrogens with zero attached hydrogens (tertiary/aromatic N) is 4. The molecule has 3 heterocycles. The number of aromatic hydroxyl groups is 1. The summed E-state index contributed by atoms with van der Waals surface area (Å²) in [7, 11) is 0. The molecule has 2 fully saturated rings. The fourth-order valence-electron chi connectivity index (χ4n) is 4.39. The molecule has 0 spiro atoms. The lowest BCUT2D eigenvalue weighted by molar-refractivity contribution is 0.214. The molecule has 5 N–H and O–H groups in total. The first-order valence-electron chi connectivity index (χ1n) is 9.81. The van der Waals surface area contributed by atoms with Gasteiger partial charge in [-0.3, -0.25) is 0 Å². The number of nitrogens with two attached hydrogens (primary N) is 1. The number of aromatic nitrogens is 2. The molecule has 2 aliphatic rings. The van der Waals surface area contributed by atoms with Crippen LogP contribution in [-0.4, -0.2) is 70.9 Å². The Balaban J connectivity index is 1.46. The number of fused-ring (bicyclic) bond motifs is 1. The van der Waals surface area contributed by atoms with Crippen molar-refractivity contribution in [1.82, 2.24) is 15.1 Å². The predicted molar refractivity (Wildman–Crippen MR) is 113 cm³/mol. The molecule has 8 nitrogen and oxygen atoms in total. The van der Waals surface area contributed by atoms with Gasteiger partial charge < -0.3 is 31.2 Å². The van der Waals surface area contributed by atoms with E-state index in [1.54, 1.807) is 18.2 Å². The minimum absolute atomic E-state index is 0.0745. The zero-order chi connectivity index (χ0) is 20.4. The molecule has 2 aromatic rings. The second kappa shape index (κ2) is 8.18. The lowest BCUT2D eigenvalue weighted by Gasteiger charge is -2.21. The highest BCUT2D eigenvalue weighted by atomic mass is 16.3. The van der Waals surface area contributed by atoms with Gasteiger partial charge in [-0.15, -0.1) is 10.2 Å². The maximum atomic E-state index is 10.4. The van der Waals surface area contributed by atoms with Crippen LogP contribution in [0.25, 0.3) is 16.8 Å². The Labute approximate surface area is 169 Å². The number of rotatable bonds is 6. The number of likely N-dealkylation sites (tertiary alicyclic amines) is 1. The highest BCUT2D eigenvalue weighted by molar-refractivity contribution is 6.08. The van der Waals surface area contributed by atoms with E-state index < -0.39 is 0 Å². The number of phenols is 1. The highest BCUT2D eigenvalue weighted by Crippen LogP contribution is 2.34. The van der Waals surface area contributed by atoms with Gasteiger partial charge in [-0.25, -0.2) is 0 Å². The van der Waals surface area contributed by atoms with E-state index >= 15 is 0 Å². The molecule has 2 atom stereocenters. The van der Waals surface area contributed by atoms with Crippen molar-refractivity contribution < 1.29 is 10.2 Å². The molecule has 0 saturated carbocycles. The van der Waals surface area contributed by atoms with Crippen molar-refractivity contribution in [3.8, 4) is 17.0 Å². The maximum Gasteiger partial charge on any atom is 0.151 e. The van der Waals surface area contributed by atoms with Crippen molar-refractivity contribution in [2.24, 2.45) is 17.6 Å². The minimum atomic E-state index is 0.0745. The largest absolute Gasteiger partial charge is 0.507 e. The summed E-state index contributed by atoms with van der Waals surface area (Å²) in [6, 6.07) is 8.96. The fraction of sp³-hybridized carbons (Fsp3) is 0.381. The van der Waals surface area contributed by atoms with Crippen LogP contribution in [0.1, 0.15) is 5.56 Å². The zero-order valence-corrected chi connectivity index (χ0v) is 16.2.